The molecule has 0 atom stereocenters. The molecule has 1 N–H and O–H groups in total. The number of carbonyl (C=O) groups is 2. The number of hydrogen-bond acceptors (Lipinski definition) is 3. The van der Waals surface area contributed by atoms with E-state index < -0.39 is 11.9 Å². The number of amides is 1. The van der Waals surface area contributed by atoms with Gasteiger partial charge < -0.3 is 10.1 Å². The zero-order valence-electron chi connectivity index (χ0n) is 13.3. The predicted molar refractivity (Wildman–Crippen MR) is 91.0 cm³/mol. The van der Waals surface area contributed by atoms with Crippen molar-refractivity contribution in [1.82, 2.24) is 0 Å². The Morgan fingerprint density at radius 2 is 1.78 bits per heavy atom. The van der Waals surface area contributed by atoms with Crippen molar-refractivity contribution in [2.75, 3.05) is 11.9 Å². The molecule has 0 radical (unpaired) electrons. The van der Waals surface area contributed by atoms with Gasteiger partial charge in [0, 0.05) is 10.7 Å². The Labute approximate surface area is 140 Å². The van der Waals surface area contributed by atoms with Crippen LogP contribution in [0, 0.1) is 20.8 Å². The van der Waals surface area contributed by atoms with E-state index in [-0.39, 0.29) is 6.61 Å². The van der Waals surface area contributed by atoms with Crippen LogP contribution in [0.5, 0.6) is 0 Å². The molecular weight excluding hydrogens is 314 g/mol. The van der Waals surface area contributed by atoms with E-state index in [1.807, 2.05) is 32.9 Å². The first kappa shape index (κ1) is 17.0. The first-order valence-corrected chi connectivity index (χ1v) is 7.55. The highest BCUT2D eigenvalue weighted by Crippen LogP contribution is 2.20. The molecule has 0 aliphatic rings. The van der Waals surface area contributed by atoms with Crippen LogP contribution in [0.4, 0.5) is 5.69 Å². The maximum absolute atomic E-state index is 12.0. The second-order valence-corrected chi connectivity index (χ2v) is 5.81. The number of anilines is 1. The summed E-state index contributed by atoms with van der Waals surface area (Å²) in [6.07, 6.45) is 0. The summed E-state index contributed by atoms with van der Waals surface area (Å²) in [5.41, 5.74) is 3.83. The lowest BCUT2D eigenvalue weighted by atomic mass is 10.1. The summed E-state index contributed by atoms with van der Waals surface area (Å²) >= 11 is 6.00. The van der Waals surface area contributed by atoms with Crippen molar-refractivity contribution in [3.8, 4) is 0 Å². The first-order valence-electron chi connectivity index (χ1n) is 7.17. The van der Waals surface area contributed by atoms with Crippen LogP contribution in [-0.4, -0.2) is 18.5 Å². The lowest BCUT2D eigenvalue weighted by Gasteiger charge is -2.09. The van der Waals surface area contributed by atoms with Gasteiger partial charge >= 0.3 is 5.97 Å². The van der Waals surface area contributed by atoms with Gasteiger partial charge in [-0.25, -0.2) is 4.79 Å². The van der Waals surface area contributed by atoms with Crippen molar-refractivity contribution in [3.63, 3.8) is 0 Å². The molecule has 0 spiro atoms. The summed E-state index contributed by atoms with van der Waals surface area (Å²) in [5, 5.41) is 3.20. The second-order valence-electron chi connectivity index (χ2n) is 5.41. The van der Waals surface area contributed by atoms with Crippen LogP contribution in [0.25, 0.3) is 0 Å². The first-order chi connectivity index (χ1) is 10.9. The minimum absolute atomic E-state index is 0.350. The van der Waals surface area contributed by atoms with Crippen LogP contribution in [0.2, 0.25) is 5.02 Å². The van der Waals surface area contributed by atoms with Gasteiger partial charge in [0.15, 0.2) is 6.61 Å². The number of nitrogens with one attached hydrogen (secondary N) is 1. The highest BCUT2D eigenvalue weighted by molar-refractivity contribution is 6.31. The molecule has 0 saturated carbocycles. The van der Waals surface area contributed by atoms with E-state index in [2.05, 4.69) is 5.32 Å². The maximum Gasteiger partial charge on any atom is 0.338 e. The quantitative estimate of drug-likeness (QED) is 0.859. The Morgan fingerprint density at radius 3 is 2.43 bits per heavy atom. The molecule has 0 saturated heterocycles. The summed E-state index contributed by atoms with van der Waals surface area (Å²) in [7, 11) is 0. The normalized spacial score (nSPS) is 10.3. The number of halogens is 1. The molecule has 0 fully saturated rings. The SMILES string of the molecule is Cc1ccc(C(=O)OCC(=O)Nc2ccc(C)c(Cl)c2)c(C)c1. The smallest absolute Gasteiger partial charge is 0.338 e. The van der Waals surface area contributed by atoms with Gasteiger partial charge in [0.25, 0.3) is 5.91 Å². The summed E-state index contributed by atoms with van der Waals surface area (Å²) in [4.78, 5) is 23.9. The Hall–Kier alpha value is -2.33. The Balaban J connectivity index is 1.93. The highest BCUT2D eigenvalue weighted by Gasteiger charge is 2.13. The standard InChI is InChI=1S/C18H18ClNO3/c1-11-4-7-15(13(3)8-11)18(22)23-10-17(21)20-14-6-5-12(2)16(19)9-14/h4-9H,10H2,1-3H3,(H,20,21). The molecule has 4 nitrogen and oxygen atoms in total. The molecule has 1 amide bonds. The Morgan fingerprint density at radius 1 is 1.04 bits per heavy atom. The third-order valence-corrected chi connectivity index (χ3v) is 3.80. The van der Waals surface area contributed by atoms with Gasteiger partial charge in [-0.1, -0.05) is 35.4 Å². The van der Waals surface area contributed by atoms with Gasteiger partial charge in [-0.3, -0.25) is 4.79 Å². The van der Waals surface area contributed by atoms with E-state index in [4.69, 9.17) is 16.3 Å². The molecule has 0 aliphatic carbocycles. The van der Waals surface area contributed by atoms with E-state index in [1.165, 1.54) is 0 Å². The lowest BCUT2D eigenvalue weighted by molar-refractivity contribution is -0.119. The Bertz CT molecular complexity index is 756. The number of benzene rings is 2. The van der Waals surface area contributed by atoms with Gasteiger partial charge in [-0.2, -0.15) is 0 Å². The molecule has 0 bridgehead atoms. The number of esters is 1. The molecule has 2 rings (SSSR count). The van der Waals surface area contributed by atoms with Crippen LogP contribution in [-0.2, 0) is 9.53 Å². The van der Waals surface area contributed by atoms with Gasteiger partial charge in [0.05, 0.1) is 5.56 Å². The number of ether oxygens (including phenoxy) is 1. The Kier molecular flexibility index (Phi) is 5.40. The van der Waals surface area contributed by atoms with Crippen molar-refractivity contribution in [2.24, 2.45) is 0 Å². The van der Waals surface area contributed by atoms with E-state index in [9.17, 15) is 9.59 Å². The van der Waals surface area contributed by atoms with Gasteiger partial charge in [0.2, 0.25) is 0 Å². The molecule has 0 aromatic heterocycles. The predicted octanol–water partition coefficient (Wildman–Crippen LogP) is 4.06. The molecule has 0 unspecified atom stereocenters. The maximum atomic E-state index is 12.0. The summed E-state index contributed by atoms with van der Waals surface area (Å²) in [6.45, 7) is 5.30. The van der Waals surface area contributed by atoms with Crippen LogP contribution < -0.4 is 5.32 Å². The molecule has 0 heterocycles. The molecular formula is C18H18ClNO3. The van der Waals surface area contributed by atoms with Crippen molar-refractivity contribution < 1.29 is 14.3 Å². The minimum atomic E-state index is -0.514. The van der Waals surface area contributed by atoms with Crippen LogP contribution in [0.15, 0.2) is 36.4 Å². The van der Waals surface area contributed by atoms with Crippen LogP contribution in [0.1, 0.15) is 27.0 Å². The summed E-state index contributed by atoms with van der Waals surface area (Å²) in [5.74, 6) is -0.928. The third-order valence-electron chi connectivity index (χ3n) is 3.39. The second kappa shape index (κ2) is 7.29. The van der Waals surface area contributed by atoms with E-state index in [0.29, 0.717) is 16.3 Å². The van der Waals surface area contributed by atoms with Crippen molar-refractivity contribution in [3.05, 3.63) is 63.7 Å². The minimum Gasteiger partial charge on any atom is -0.452 e. The average Bonchev–Trinajstić information content (AvgIpc) is 2.48. The largest absolute Gasteiger partial charge is 0.452 e. The fourth-order valence-corrected chi connectivity index (χ4v) is 2.30. The highest BCUT2D eigenvalue weighted by atomic mass is 35.5. The zero-order valence-corrected chi connectivity index (χ0v) is 14.0. The van der Waals surface area contributed by atoms with Crippen LogP contribution >= 0.6 is 11.6 Å². The summed E-state index contributed by atoms with van der Waals surface area (Å²) < 4.78 is 5.05. The fraction of sp³-hybridized carbons (Fsp3) is 0.222. The van der Waals surface area contributed by atoms with Gasteiger partial charge in [-0.15, -0.1) is 0 Å². The molecule has 120 valence electrons. The van der Waals surface area contributed by atoms with E-state index in [1.54, 1.807) is 24.3 Å². The summed E-state index contributed by atoms with van der Waals surface area (Å²) in [6, 6.07) is 10.6. The van der Waals surface area contributed by atoms with Gasteiger partial charge in [-0.05, 0) is 50.1 Å². The third kappa shape index (κ3) is 4.57. The zero-order chi connectivity index (χ0) is 17.0. The van der Waals surface area contributed by atoms with E-state index >= 15 is 0 Å². The molecule has 0 aliphatic heterocycles. The molecule has 23 heavy (non-hydrogen) atoms. The lowest BCUT2D eigenvalue weighted by Crippen LogP contribution is -2.21. The molecule has 2 aromatic rings. The number of hydrogen-bond donors (Lipinski definition) is 1. The van der Waals surface area contributed by atoms with Gasteiger partial charge in [0.1, 0.15) is 0 Å². The molecule has 5 heteroatoms. The molecule has 2 aromatic carbocycles. The van der Waals surface area contributed by atoms with E-state index in [0.717, 1.165) is 16.7 Å². The average molecular weight is 332 g/mol. The number of carbonyl (C=O) groups excluding carboxylic acids is 2. The van der Waals surface area contributed by atoms with Crippen molar-refractivity contribution >= 4 is 29.2 Å². The van der Waals surface area contributed by atoms with Crippen molar-refractivity contribution in [1.29, 1.82) is 0 Å². The number of rotatable bonds is 4. The fourth-order valence-electron chi connectivity index (χ4n) is 2.12. The van der Waals surface area contributed by atoms with Crippen molar-refractivity contribution in [2.45, 2.75) is 20.8 Å². The van der Waals surface area contributed by atoms with Crippen LogP contribution in [0.3, 0.4) is 0 Å². The number of aryl methyl sites for hydroxylation is 3. The monoisotopic (exact) mass is 331 g/mol. The topological polar surface area (TPSA) is 55.4 Å².